The van der Waals surface area contributed by atoms with E-state index >= 15 is 0 Å². The normalized spacial score (nSPS) is 16.9. The molecule has 1 aromatic carbocycles. The fraction of sp³-hybridized carbons (Fsp3) is 0.375. The molecule has 1 atom stereocenters. The average molecular weight is 393 g/mol. The molecule has 1 unspecified atom stereocenters. The molecular formula is C16H20Cl3N3O2. The first-order valence-corrected chi connectivity index (χ1v) is 7.73. The molecule has 8 heteroatoms. The molecule has 1 amide bonds. The van der Waals surface area contributed by atoms with E-state index in [1.165, 1.54) is 6.39 Å². The number of nitrogens with zero attached hydrogens (tertiary/aromatic N) is 2. The number of likely N-dealkylation sites (N-methyl/N-ethyl adjacent to an activating group) is 1. The minimum absolute atomic E-state index is 0. The summed E-state index contributed by atoms with van der Waals surface area (Å²) in [7, 11) is 1.92. The van der Waals surface area contributed by atoms with Crippen LogP contribution in [0.1, 0.15) is 23.3 Å². The topological polar surface area (TPSA) is 58.4 Å². The predicted octanol–water partition coefficient (Wildman–Crippen LogP) is 3.66. The van der Waals surface area contributed by atoms with Crippen molar-refractivity contribution in [2.75, 3.05) is 20.1 Å². The Morgan fingerprint density at radius 3 is 2.83 bits per heavy atom. The van der Waals surface area contributed by atoms with Crippen LogP contribution in [0.2, 0.25) is 5.02 Å². The molecule has 5 nitrogen and oxygen atoms in total. The molecule has 0 spiro atoms. The number of aromatic nitrogens is 1. The van der Waals surface area contributed by atoms with Crippen molar-refractivity contribution in [2.24, 2.45) is 0 Å². The Kier molecular flexibility index (Phi) is 8.03. The molecule has 0 bridgehead atoms. The zero-order valence-electron chi connectivity index (χ0n) is 13.2. The van der Waals surface area contributed by atoms with Crippen LogP contribution >= 0.6 is 36.4 Å². The molecule has 1 aromatic heterocycles. The summed E-state index contributed by atoms with van der Waals surface area (Å²) in [5.41, 5.74) is 1.01. The van der Waals surface area contributed by atoms with Crippen LogP contribution in [0.15, 0.2) is 35.1 Å². The first kappa shape index (κ1) is 20.8. The second-order valence-electron chi connectivity index (χ2n) is 5.39. The third-order valence-electron chi connectivity index (χ3n) is 4.01. The zero-order valence-corrected chi connectivity index (χ0v) is 15.6. The number of hydrogen-bond acceptors (Lipinski definition) is 4. The molecule has 2 aromatic rings. The molecule has 1 aliphatic heterocycles. The molecule has 0 radical (unpaired) electrons. The maximum atomic E-state index is 12.8. The van der Waals surface area contributed by atoms with Gasteiger partial charge in [-0.1, -0.05) is 23.7 Å². The smallest absolute Gasteiger partial charge is 0.276 e. The predicted molar refractivity (Wildman–Crippen MR) is 99.4 cm³/mol. The number of carbonyl (C=O) groups is 1. The lowest BCUT2D eigenvalue weighted by atomic mass is 10.0. The van der Waals surface area contributed by atoms with Crippen molar-refractivity contribution in [3.8, 4) is 11.3 Å². The highest BCUT2D eigenvalue weighted by atomic mass is 35.5. The highest BCUT2D eigenvalue weighted by molar-refractivity contribution is 6.33. The highest BCUT2D eigenvalue weighted by Gasteiger charge is 2.28. The van der Waals surface area contributed by atoms with Crippen molar-refractivity contribution in [2.45, 2.75) is 18.9 Å². The molecule has 1 fully saturated rings. The summed E-state index contributed by atoms with van der Waals surface area (Å²) < 4.78 is 5.44. The third kappa shape index (κ3) is 4.22. The molecular weight excluding hydrogens is 373 g/mol. The van der Waals surface area contributed by atoms with E-state index in [4.69, 9.17) is 16.0 Å². The van der Waals surface area contributed by atoms with Gasteiger partial charge in [0.1, 0.15) is 0 Å². The van der Waals surface area contributed by atoms with Crippen molar-refractivity contribution in [3.05, 3.63) is 41.4 Å². The summed E-state index contributed by atoms with van der Waals surface area (Å²) in [5.74, 6) is 0.325. The lowest BCUT2D eigenvalue weighted by Gasteiger charge is -2.32. The van der Waals surface area contributed by atoms with Crippen molar-refractivity contribution in [1.82, 2.24) is 15.2 Å². The van der Waals surface area contributed by atoms with Crippen molar-refractivity contribution < 1.29 is 9.21 Å². The molecule has 0 saturated carbocycles. The van der Waals surface area contributed by atoms with Gasteiger partial charge in [-0.25, -0.2) is 4.98 Å². The van der Waals surface area contributed by atoms with Gasteiger partial charge in [-0.15, -0.1) is 24.8 Å². The van der Waals surface area contributed by atoms with Gasteiger partial charge < -0.3 is 14.6 Å². The monoisotopic (exact) mass is 391 g/mol. The summed E-state index contributed by atoms with van der Waals surface area (Å²) in [6, 6.07) is 7.62. The number of oxazole rings is 1. The number of rotatable bonds is 3. The first-order chi connectivity index (χ1) is 10.7. The number of carbonyl (C=O) groups excluding carboxylic acids is 1. The van der Waals surface area contributed by atoms with Crippen LogP contribution in [0.5, 0.6) is 0 Å². The Hall–Kier alpha value is -1.27. The standard InChI is InChI=1S/C16H18ClN3O2.2ClH/c1-18-11-5-4-8-20(9-11)16(21)14-15(22-10-19-14)12-6-2-3-7-13(12)17;;/h2-3,6-7,10-11,18H,4-5,8-9H2,1H3;2*1H. The van der Waals surface area contributed by atoms with Crippen LogP contribution in [0, 0.1) is 0 Å². The molecule has 1 saturated heterocycles. The number of halogens is 3. The number of amides is 1. The van der Waals surface area contributed by atoms with E-state index in [0.29, 0.717) is 34.6 Å². The third-order valence-corrected chi connectivity index (χ3v) is 4.33. The fourth-order valence-electron chi connectivity index (χ4n) is 2.78. The lowest BCUT2D eigenvalue weighted by molar-refractivity contribution is 0.0693. The molecule has 0 aliphatic carbocycles. The summed E-state index contributed by atoms with van der Waals surface area (Å²) in [6.07, 6.45) is 3.36. The van der Waals surface area contributed by atoms with Gasteiger partial charge in [0.25, 0.3) is 5.91 Å². The van der Waals surface area contributed by atoms with Crippen LogP contribution in [0.3, 0.4) is 0 Å². The second-order valence-corrected chi connectivity index (χ2v) is 5.80. The maximum absolute atomic E-state index is 12.8. The Bertz CT molecular complexity index is 678. The van der Waals surface area contributed by atoms with E-state index in [-0.39, 0.29) is 30.7 Å². The van der Waals surface area contributed by atoms with E-state index in [0.717, 1.165) is 19.4 Å². The minimum Gasteiger partial charge on any atom is -0.443 e. The average Bonchev–Trinajstić information content (AvgIpc) is 3.04. The number of benzene rings is 1. The van der Waals surface area contributed by atoms with Crippen molar-refractivity contribution in [3.63, 3.8) is 0 Å². The van der Waals surface area contributed by atoms with Crippen molar-refractivity contribution >= 4 is 42.3 Å². The van der Waals surface area contributed by atoms with Gasteiger partial charge in [0.2, 0.25) is 0 Å². The number of hydrogen-bond donors (Lipinski definition) is 1. The summed E-state index contributed by atoms with van der Waals surface area (Å²) in [6.45, 7) is 1.43. The van der Waals surface area contributed by atoms with E-state index in [9.17, 15) is 4.79 Å². The molecule has 3 rings (SSSR count). The van der Waals surface area contributed by atoms with Gasteiger partial charge in [0.15, 0.2) is 17.8 Å². The molecule has 2 heterocycles. The van der Waals surface area contributed by atoms with Gasteiger partial charge in [-0.2, -0.15) is 0 Å². The molecule has 132 valence electrons. The van der Waals surface area contributed by atoms with E-state index < -0.39 is 0 Å². The lowest BCUT2D eigenvalue weighted by Crippen LogP contribution is -2.47. The second kappa shape index (κ2) is 9.28. The van der Waals surface area contributed by atoms with Crippen LogP contribution in [0.4, 0.5) is 0 Å². The minimum atomic E-state index is -0.108. The Morgan fingerprint density at radius 1 is 1.38 bits per heavy atom. The number of piperidine rings is 1. The zero-order chi connectivity index (χ0) is 15.5. The van der Waals surface area contributed by atoms with Crippen LogP contribution < -0.4 is 5.32 Å². The number of likely N-dealkylation sites (tertiary alicyclic amines) is 1. The van der Waals surface area contributed by atoms with Gasteiger partial charge in [0, 0.05) is 24.7 Å². The number of nitrogens with one attached hydrogen (secondary N) is 1. The van der Waals surface area contributed by atoms with Crippen LogP contribution in [-0.2, 0) is 0 Å². The van der Waals surface area contributed by atoms with E-state index in [2.05, 4.69) is 10.3 Å². The SMILES string of the molecule is CNC1CCCN(C(=O)c2ncoc2-c2ccccc2Cl)C1.Cl.Cl. The first-order valence-electron chi connectivity index (χ1n) is 7.35. The van der Waals surface area contributed by atoms with Gasteiger partial charge in [0.05, 0.1) is 5.02 Å². The van der Waals surface area contributed by atoms with Gasteiger partial charge in [-0.3, -0.25) is 4.79 Å². The van der Waals surface area contributed by atoms with Crippen LogP contribution in [0.25, 0.3) is 11.3 Å². The van der Waals surface area contributed by atoms with Gasteiger partial charge in [-0.05, 0) is 32.0 Å². The maximum Gasteiger partial charge on any atom is 0.276 e. The molecule has 24 heavy (non-hydrogen) atoms. The Balaban J connectivity index is 0.00000144. The van der Waals surface area contributed by atoms with Gasteiger partial charge >= 0.3 is 0 Å². The summed E-state index contributed by atoms with van der Waals surface area (Å²) in [5, 5.41) is 3.77. The van der Waals surface area contributed by atoms with Crippen LogP contribution in [-0.4, -0.2) is 42.0 Å². The van der Waals surface area contributed by atoms with E-state index in [1.807, 2.05) is 30.1 Å². The Morgan fingerprint density at radius 2 is 2.12 bits per heavy atom. The molecule has 1 N–H and O–H groups in total. The van der Waals surface area contributed by atoms with Crippen molar-refractivity contribution in [1.29, 1.82) is 0 Å². The quantitative estimate of drug-likeness (QED) is 0.866. The highest BCUT2D eigenvalue weighted by Crippen LogP contribution is 2.30. The molecule has 1 aliphatic rings. The van der Waals surface area contributed by atoms with E-state index in [1.54, 1.807) is 6.07 Å². The largest absolute Gasteiger partial charge is 0.443 e. The Labute approximate surface area is 158 Å². The fourth-order valence-corrected chi connectivity index (χ4v) is 3.00. The summed E-state index contributed by atoms with van der Waals surface area (Å²) in [4.78, 5) is 18.7. The summed E-state index contributed by atoms with van der Waals surface area (Å²) >= 11 is 6.20.